The molecule has 140 valence electrons. The first-order chi connectivity index (χ1) is 13.0. The van der Waals surface area contributed by atoms with Crippen LogP contribution in [-0.4, -0.2) is 42.7 Å². The third-order valence-corrected chi connectivity index (χ3v) is 4.83. The van der Waals surface area contributed by atoms with E-state index >= 15 is 0 Å². The molecule has 1 atom stereocenters. The first-order valence-corrected chi connectivity index (χ1v) is 8.66. The van der Waals surface area contributed by atoms with Crippen molar-refractivity contribution in [1.29, 1.82) is 0 Å². The molecule has 7 nitrogen and oxygen atoms in total. The van der Waals surface area contributed by atoms with Crippen LogP contribution in [0, 0.1) is 18.6 Å². The van der Waals surface area contributed by atoms with Gasteiger partial charge in [0.2, 0.25) is 0 Å². The number of fused-ring (bicyclic) bond motifs is 1. The molecular weight excluding hydrogens is 354 g/mol. The maximum Gasteiger partial charge on any atom is 0.257 e. The lowest BCUT2D eigenvalue weighted by atomic mass is 9.95. The highest BCUT2D eigenvalue weighted by Crippen LogP contribution is 2.31. The van der Waals surface area contributed by atoms with Crippen LogP contribution in [-0.2, 0) is 13.0 Å². The Morgan fingerprint density at radius 1 is 1.30 bits per heavy atom. The van der Waals surface area contributed by atoms with Crippen LogP contribution in [0.15, 0.2) is 18.3 Å². The lowest BCUT2D eigenvalue weighted by molar-refractivity contribution is 0.0718. The van der Waals surface area contributed by atoms with Gasteiger partial charge in [-0.2, -0.15) is 10.2 Å². The smallest absolute Gasteiger partial charge is 0.257 e. The van der Waals surface area contributed by atoms with Crippen LogP contribution >= 0.6 is 0 Å². The molecule has 0 saturated carbocycles. The standard InChI is InChI=1S/C18H18F2N6O/c1-3-15-22-17(25-23-15)12-8-26(7-10-6-21-24-16(10)12)18(27)11-4-9(2)13(19)5-14(11)20/h4-6,12H,3,7-8H2,1-2H3,(H,21,24)(H,22,23,25). The molecule has 0 fully saturated rings. The van der Waals surface area contributed by atoms with Crippen molar-refractivity contribution in [1.82, 2.24) is 30.3 Å². The lowest BCUT2D eigenvalue weighted by Gasteiger charge is -2.31. The van der Waals surface area contributed by atoms with Gasteiger partial charge in [0.1, 0.15) is 17.5 Å². The van der Waals surface area contributed by atoms with Gasteiger partial charge >= 0.3 is 0 Å². The number of rotatable bonds is 3. The number of carbonyl (C=O) groups excluding carboxylic acids is 1. The summed E-state index contributed by atoms with van der Waals surface area (Å²) in [7, 11) is 0. The van der Waals surface area contributed by atoms with Crippen LogP contribution in [0.4, 0.5) is 8.78 Å². The maximum absolute atomic E-state index is 14.2. The molecule has 27 heavy (non-hydrogen) atoms. The molecule has 2 aromatic heterocycles. The average Bonchev–Trinajstić information content (AvgIpc) is 3.32. The summed E-state index contributed by atoms with van der Waals surface area (Å²) >= 11 is 0. The van der Waals surface area contributed by atoms with E-state index in [-0.39, 0.29) is 30.1 Å². The topological polar surface area (TPSA) is 90.6 Å². The van der Waals surface area contributed by atoms with Crippen molar-refractivity contribution in [2.24, 2.45) is 0 Å². The minimum atomic E-state index is -0.871. The lowest BCUT2D eigenvalue weighted by Crippen LogP contribution is -2.39. The molecule has 4 rings (SSSR count). The van der Waals surface area contributed by atoms with E-state index in [1.54, 1.807) is 6.20 Å². The van der Waals surface area contributed by atoms with Crippen molar-refractivity contribution in [2.75, 3.05) is 6.54 Å². The first-order valence-electron chi connectivity index (χ1n) is 8.66. The van der Waals surface area contributed by atoms with Gasteiger partial charge in [-0.05, 0) is 18.6 Å². The van der Waals surface area contributed by atoms with E-state index < -0.39 is 17.5 Å². The molecule has 1 aliphatic rings. The van der Waals surface area contributed by atoms with E-state index in [0.717, 1.165) is 23.1 Å². The number of H-pyrrole nitrogens is 2. The van der Waals surface area contributed by atoms with Crippen LogP contribution in [0.25, 0.3) is 0 Å². The van der Waals surface area contributed by atoms with Crippen molar-refractivity contribution in [3.63, 3.8) is 0 Å². The van der Waals surface area contributed by atoms with Gasteiger partial charge in [-0.3, -0.25) is 15.0 Å². The molecular formula is C18H18F2N6O. The molecule has 1 aromatic carbocycles. The SMILES string of the molecule is CCc1nc(C2CN(C(=O)c3cc(C)c(F)cc3F)Cc3cn[nH]c32)n[nH]1. The van der Waals surface area contributed by atoms with E-state index in [9.17, 15) is 13.6 Å². The summed E-state index contributed by atoms with van der Waals surface area (Å²) in [5.74, 6) is -1.06. The molecule has 2 N–H and O–H groups in total. The van der Waals surface area contributed by atoms with E-state index in [0.29, 0.717) is 12.2 Å². The Morgan fingerprint density at radius 2 is 2.11 bits per heavy atom. The van der Waals surface area contributed by atoms with E-state index in [2.05, 4.69) is 25.4 Å². The average molecular weight is 372 g/mol. The molecule has 3 aromatic rings. The summed E-state index contributed by atoms with van der Waals surface area (Å²) in [6, 6.07) is 1.99. The quantitative estimate of drug-likeness (QED) is 0.739. The molecule has 3 heterocycles. The van der Waals surface area contributed by atoms with Crippen molar-refractivity contribution < 1.29 is 13.6 Å². The Bertz CT molecular complexity index is 1010. The maximum atomic E-state index is 14.2. The van der Waals surface area contributed by atoms with Gasteiger partial charge in [0.05, 0.1) is 23.4 Å². The van der Waals surface area contributed by atoms with Crippen LogP contribution in [0.3, 0.4) is 0 Å². The molecule has 1 amide bonds. The summed E-state index contributed by atoms with van der Waals surface area (Å²) < 4.78 is 27.7. The first kappa shape index (κ1) is 17.3. The Morgan fingerprint density at radius 3 is 2.85 bits per heavy atom. The third kappa shape index (κ3) is 2.98. The van der Waals surface area contributed by atoms with Crippen molar-refractivity contribution in [2.45, 2.75) is 32.7 Å². The number of halogens is 2. The predicted octanol–water partition coefficient (Wildman–Crippen LogP) is 2.46. The number of nitrogens with zero attached hydrogens (tertiary/aromatic N) is 4. The molecule has 0 aliphatic carbocycles. The number of hydrogen-bond donors (Lipinski definition) is 2. The van der Waals surface area contributed by atoms with E-state index in [1.807, 2.05) is 6.92 Å². The molecule has 0 saturated heterocycles. The number of amides is 1. The van der Waals surface area contributed by atoms with Crippen LogP contribution in [0.1, 0.15) is 51.7 Å². The zero-order valence-electron chi connectivity index (χ0n) is 14.9. The summed E-state index contributed by atoms with van der Waals surface area (Å²) in [6.07, 6.45) is 2.35. The van der Waals surface area contributed by atoms with Crippen molar-refractivity contribution in [3.05, 3.63) is 64.0 Å². The monoisotopic (exact) mass is 372 g/mol. The molecule has 1 aliphatic heterocycles. The molecule has 1 unspecified atom stereocenters. The zero-order valence-corrected chi connectivity index (χ0v) is 14.9. The minimum Gasteiger partial charge on any atom is -0.333 e. The van der Waals surface area contributed by atoms with Gasteiger partial charge in [0.15, 0.2) is 5.82 Å². The predicted molar refractivity (Wildman–Crippen MR) is 92.0 cm³/mol. The number of hydrogen-bond acceptors (Lipinski definition) is 4. The van der Waals surface area contributed by atoms with Crippen molar-refractivity contribution >= 4 is 5.91 Å². The summed E-state index contributed by atoms with van der Waals surface area (Å²) in [4.78, 5) is 18.9. The zero-order chi connectivity index (χ0) is 19.1. The van der Waals surface area contributed by atoms with Gasteiger partial charge in [-0.25, -0.2) is 13.8 Å². The largest absolute Gasteiger partial charge is 0.333 e. The highest BCUT2D eigenvalue weighted by atomic mass is 19.1. The van der Waals surface area contributed by atoms with Gasteiger partial charge in [-0.1, -0.05) is 6.92 Å². The second kappa shape index (κ2) is 6.57. The Hall–Kier alpha value is -3.10. The molecule has 0 spiro atoms. The number of benzene rings is 1. The summed E-state index contributed by atoms with van der Waals surface area (Å²) in [6.45, 7) is 4.01. The van der Waals surface area contributed by atoms with Crippen LogP contribution in [0.2, 0.25) is 0 Å². The number of aromatic nitrogens is 5. The van der Waals surface area contributed by atoms with E-state index in [4.69, 9.17) is 0 Å². The van der Waals surface area contributed by atoms with Gasteiger partial charge in [-0.15, -0.1) is 0 Å². The van der Waals surface area contributed by atoms with Gasteiger partial charge < -0.3 is 4.90 Å². The number of aromatic amines is 2. The van der Waals surface area contributed by atoms with Crippen molar-refractivity contribution in [3.8, 4) is 0 Å². The van der Waals surface area contributed by atoms with Crippen LogP contribution in [0.5, 0.6) is 0 Å². The fourth-order valence-electron chi connectivity index (χ4n) is 3.31. The highest BCUT2D eigenvalue weighted by molar-refractivity contribution is 5.95. The number of carbonyl (C=O) groups is 1. The molecule has 9 heteroatoms. The molecule has 0 radical (unpaired) electrons. The highest BCUT2D eigenvalue weighted by Gasteiger charge is 2.34. The Kier molecular flexibility index (Phi) is 4.21. The second-order valence-corrected chi connectivity index (χ2v) is 6.62. The van der Waals surface area contributed by atoms with Gasteiger partial charge in [0, 0.05) is 31.1 Å². The fraction of sp³-hybridized carbons (Fsp3) is 0.333. The Balaban J connectivity index is 1.69. The second-order valence-electron chi connectivity index (χ2n) is 6.62. The third-order valence-electron chi connectivity index (χ3n) is 4.83. The normalized spacial score (nSPS) is 16.4. The summed E-state index contributed by atoms with van der Waals surface area (Å²) in [5.41, 5.74) is 1.74. The fourth-order valence-corrected chi connectivity index (χ4v) is 3.31. The number of aryl methyl sites for hydroxylation is 2. The molecule has 0 bridgehead atoms. The van der Waals surface area contributed by atoms with E-state index in [1.165, 1.54) is 17.9 Å². The van der Waals surface area contributed by atoms with Crippen LogP contribution < -0.4 is 0 Å². The summed E-state index contributed by atoms with van der Waals surface area (Å²) in [5, 5.41) is 14.1. The Labute approximate surface area is 153 Å². The van der Waals surface area contributed by atoms with Gasteiger partial charge in [0.25, 0.3) is 5.91 Å². The number of nitrogens with one attached hydrogen (secondary N) is 2. The minimum absolute atomic E-state index is 0.149.